The molecule has 328 valence electrons. The maximum Gasteiger partial charge on any atom is 0.302 e. The van der Waals surface area contributed by atoms with E-state index in [1.54, 1.807) is 0 Å². The van der Waals surface area contributed by atoms with Gasteiger partial charge in [0.2, 0.25) is 5.96 Å². The van der Waals surface area contributed by atoms with E-state index in [0.29, 0.717) is 43.9 Å². The average Bonchev–Trinajstić information content (AvgIpc) is 3.66. The quantitative estimate of drug-likeness (QED) is 0.114. The van der Waals surface area contributed by atoms with Gasteiger partial charge in [0.05, 0.1) is 44.1 Å². The van der Waals surface area contributed by atoms with Crippen LogP contribution in [0.2, 0.25) is 0 Å². The topological polar surface area (TPSA) is 273 Å². The Hall–Kier alpha value is -2.78. The number of carbonyl (C=O) groups is 3. The van der Waals surface area contributed by atoms with E-state index in [4.69, 9.17) is 30.4 Å². The van der Waals surface area contributed by atoms with Crippen molar-refractivity contribution in [3.05, 3.63) is 0 Å². The minimum absolute atomic E-state index is 0.00737. The summed E-state index contributed by atoms with van der Waals surface area (Å²) < 4.78 is 26.0. The predicted molar refractivity (Wildman–Crippen MR) is 212 cm³/mol. The molecule has 8 rings (SSSR count). The number of hydrogen-bond acceptors (Lipinski definition) is 17. The highest BCUT2D eigenvalue weighted by Gasteiger charge is 2.60. The van der Waals surface area contributed by atoms with Gasteiger partial charge in [-0.1, -0.05) is 25.7 Å². The number of nitrogens with one attached hydrogen (secondary N) is 1. The van der Waals surface area contributed by atoms with Crippen LogP contribution in [-0.2, 0) is 33.3 Å². The number of aliphatic hydroxyl groups is 4. The number of piperidine rings is 1. The summed E-state index contributed by atoms with van der Waals surface area (Å²) in [6.07, 6.45) is 1.36. The molecule has 18 nitrogen and oxygen atoms in total. The van der Waals surface area contributed by atoms with Crippen LogP contribution < -0.4 is 16.8 Å². The lowest BCUT2D eigenvalue weighted by molar-refractivity contribution is -0.335. The molecule has 0 radical (unpaired) electrons. The van der Waals surface area contributed by atoms with Crippen LogP contribution in [0.5, 0.6) is 0 Å². The third kappa shape index (κ3) is 8.68. The van der Waals surface area contributed by atoms with E-state index in [0.717, 1.165) is 57.9 Å². The zero-order valence-corrected chi connectivity index (χ0v) is 33.8. The highest BCUT2D eigenvalue weighted by molar-refractivity contribution is 6.69. The SMILES string of the molecule is NC1=NC(=O)C2=NCN(C3CCCCC3CC3CC4C(=O)C5CCCCC5C(=O)C4C(OCCO)C3O[C@@H]3O[C@@H](CO)[C@H](O)[C@@H](O)[C@@H]3OCCC3CCNC(N)C3)C2=N1. The molecule has 0 aromatic carbocycles. The monoisotopic (exact) mass is 829 g/mol. The molecule has 0 aromatic heterocycles. The Morgan fingerprint density at radius 1 is 0.831 bits per heavy atom. The van der Waals surface area contributed by atoms with E-state index in [9.17, 15) is 34.8 Å². The molecular formula is C41H63N7O11. The maximum absolute atomic E-state index is 14.6. The van der Waals surface area contributed by atoms with Crippen molar-refractivity contribution in [2.45, 2.75) is 139 Å². The molecule has 0 spiro atoms. The second-order valence-electron chi connectivity index (χ2n) is 18.0. The molecule has 0 bridgehead atoms. The lowest BCUT2D eigenvalue weighted by atomic mass is 9.55. The molecule has 0 aromatic rings. The van der Waals surface area contributed by atoms with Gasteiger partial charge >= 0.3 is 5.91 Å². The first-order valence-electron chi connectivity index (χ1n) is 22.0. The molecule has 4 heterocycles. The Morgan fingerprint density at radius 3 is 2.34 bits per heavy atom. The Labute approximate surface area is 344 Å². The Balaban J connectivity index is 1.11. The molecule has 4 aliphatic carbocycles. The van der Waals surface area contributed by atoms with Crippen LogP contribution in [0.25, 0.3) is 0 Å². The van der Waals surface area contributed by atoms with Crippen LogP contribution in [0.3, 0.4) is 0 Å². The van der Waals surface area contributed by atoms with E-state index < -0.39 is 73.2 Å². The summed E-state index contributed by atoms with van der Waals surface area (Å²) in [5.74, 6) is -2.34. The molecule has 11 unspecified atom stereocenters. The van der Waals surface area contributed by atoms with Crippen molar-refractivity contribution in [3.63, 3.8) is 0 Å². The summed E-state index contributed by atoms with van der Waals surface area (Å²) in [6.45, 7) is 0.231. The van der Waals surface area contributed by atoms with Gasteiger partial charge in [0.15, 0.2) is 17.8 Å². The number of aliphatic imine (C=N–C) groups is 3. The highest BCUT2D eigenvalue weighted by atomic mass is 16.7. The van der Waals surface area contributed by atoms with Crippen molar-refractivity contribution in [1.29, 1.82) is 0 Å². The fourth-order valence-corrected chi connectivity index (χ4v) is 11.8. The van der Waals surface area contributed by atoms with Crippen LogP contribution >= 0.6 is 0 Å². The minimum atomic E-state index is -1.48. The first kappa shape index (κ1) is 42.9. The van der Waals surface area contributed by atoms with Crippen molar-refractivity contribution in [3.8, 4) is 0 Å². The Morgan fingerprint density at radius 2 is 1.58 bits per heavy atom. The summed E-state index contributed by atoms with van der Waals surface area (Å²) in [4.78, 5) is 56.7. The summed E-state index contributed by atoms with van der Waals surface area (Å²) in [5.41, 5.74) is 12.3. The zero-order valence-electron chi connectivity index (χ0n) is 33.8. The minimum Gasteiger partial charge on any atom is -0.394 e. The molecule has 1 amide bonds. The van der Waals surface area contributed by atoms with Crippen LogP contribution in [0, 0.1) is 41.4 Å². The third-order valence-electron chi connectivity index (χ3n) is 14.6. The van der Waals surface area contributed by atoms with E-state index in [2.05, 4.69) is 20.3 Å². The maximum atomic E-state index is 14.6. The van der Waals surface area contributed by atoms with Crippen molar-refractivity contribution >= 4 is 35.0 Å². The van der Waals surface area contributed by atoms with Crippen LogP contribution in [0.1, 0.15) is 83.5 Å². The Kier molecular flexibility index (Phi) is 13.6. The average molecular weight is 830 g/mol. The van der Waals surface area contributed by atoms with Crippen molar-refractivity contribution in [2.75, 3.05) is 39.6 Å². The van der Waals surface area contributed by atoms with Crippen LogP contribution in [0.15, 0.2) is 15.0 Å². The summed E-state index contributed by atoms with van der Waals surface area (Å²) in [5, 5.41) is 46.2. The second-order valence-corrected chi connectivity index (χ2v) is 18.0. The van der Waals surface area contributed by atoms with Gasteiger partial charge in [-0.15, -0.1) is 0 Å². The van der Waals surface area contributed by atoms with Gasteiger partial charge in [0, 0.05) is 30.4 Å². The van der Waals surface area contributed by atoms with E-state index >= 15 is 0 Å². The normalized spacial score (nSPS) is 42.7. The molecule has 9 N–H and O–H groups in total. The summed E-state index contributed by atoms with van der Waals surface area (Å²) in [6, 6.07) is -0.0788. The van der Waals surface area contributed by atoms with Gasteiger partial charge in [-0.25, -0.2) is 0 Å². The van der Waals surface area contributed by atoms with Crippen LogP contribution in [-0.4, -0.2) is 155 Å². The number of amidine groups is 1. The lowest BCUT2D eigenvalue weighted by Crippen LogP contribution is -2.65. The molecule has 6 fully saturated rings. The Bertz CT molecular complexity index is 1650. The number of ketones is 2. The van der Waals surface area contributed by atoms with Gasteiger partial charge in [0.25, 0.3) is 0 Å². The number of rotatable bonds is 13. The van der Waals surface area contributed by atoms with Gasteiger partial charge in [-0.2, -0.15) is 9.98 Å². The molecule has 18 heteroatoms. The largest absolute Gasteiger partial charge is 0.394 e. The van der Waals surface area contributed by atoms with Gasteiger partial charge in [0.1, 0.15) is 42.7 Å². The smallest absolute Gasteiger partial charge is 0.302 e. The number of Topliss-reactive ketones (excluding diaryl/α,β-unsaturated/α-hetero) is 2. The third-order valence-corrected chi connectivity index (χ3v) is 14.6. The number of amides is 1. The molecule has 2 saturated heterocycles. The molecule has 4 aliphatic heterocycles. The number of nitrogens with two attached hydrogens (primary N) is 2. The molecule has 8 aliphatic rings. The molecule has 4 saturated carbocycles. The van der Waals surface area contributed by atoms with Crippen molar-refractivity contribution in [1.82, 2.24) is 10.2 Å². The van der Waals surface area contributed by atoms with E-state index in [1.807, 2.05) is 4.90 Å². The first-order valence-corrected chi connectivity index (χ1v) is 22.0. The zero-order chi connectivity index (χ0) is 41.4. The fourth-order valence-electron chi connectivity index (χ4n) is 11.8. The lowest BCUT2D eigenvalue weighted by Gasteiger charge is -2.53. The molecular weight excluding hydrogens is 766 g/mol. The van der Waals surface area contributed by atoms with Crippen molar-refractivity contribution in [2.24, 2.45) is 67.9 Å². The van der Waals surface area contributed by atoms with E-state index in [-0.39, 0.29) is 79.7 Å². The number of aliphatic hydroxyl groups excluding tert-OH is 4. The number of nitrogens with zero attached hydrogens (tertiary/aromatic N) is 4. The predicted octanol–water partition coefficient (Wildman–Crippen LogP) is -0.625. The van der Waals surface area contributed by atoms with Gasteiger partial charge in [-0.05, 0) is 82.1 Å². The number of guanidine groups is 1. The number of fused-ring (bicyclic) bond motifs is 3. The second kappa shape index (κ2) is 18.7. The first-order chi connectivity index (χ1) is 28.6. The standard InChI is InChI=1S/C41H63N7O11/c42-28-15-20(9-11-44-28)10-13-56-37-34(54)33(53)27(18-50)58-40(37)59-35-22(16-21-5-1-4-8-26(21)48-19-45-30-38(48)46-41(43)47-39(30)55)17-25-29(36(35)57-14-12-49)32(52)24-7-3-2-6-23(24)31(25)51/h20-29,33-37,40,44,49-50,53-54H,1-19,42H2,(H2,43,47,55)/t20?,21?,22?,23?,24?,25?,26?,27-,28?,29?,33-,34+,35?,36?,37-,40-/m0/s1. The summed E-state index contributed by atoms with van der Waals surface area (Å²) >= 11 is 0. The fraction of sp³-hybridized carbons (Fsp3) is 0.854. The van der Waals surface area contributed by atoms with Crippen molar-refractivity contribution < 1.29 is 53.8 Å². The summed E-state index contributed by atoms with van der Waals surface area (Å²) in [7, 11) is 0. The number of ether oxygens (including phenoxy) is 4. The van der Waals surface area contributed by atoms with Gasteiger partial charge in [-0.3, -0.25) is 19.4 Å². The molecule has 59 heavy (non-hydrogen) atoms. The van der Waals surface area contributed by atoms with Crippen LogP contribution in [0.4, 0.5) is 0 Å². The number of carbonyl (C=O) groups excluding carboxylic acids is 3. The molecule has 16 atom stereocenters. The highest BCUT2D eigenvalue weighted by Crippen LogP contribution is 2.51. The number of hydrogen-bond donors (Lipinski definition) is 7. The van der Waals surface area contributed by atoms with E-state index in [1.165, 1.54) is 0 Å². The van der Waals surface area contributed by atoms with Gasteiger partial charge < -0.3 is 61.1 Å².